The zero-order chi connectivity index (χ0) is 18.3. The number of nitrogens with zero attached hydrogens (tertiary/aromatic N) is 6. The average Bonchev–Trinajstić information content (AvgIpc) is 3.44. The van der Waals surface area contributed by atoms with Gasteiger partial charge in [-0.05, 0) is 36.4 Å². The molecule has 6 heteroatoms. The van der Waals surface area contributed by atoms with Crippen molar-refractivity contribution in [3.05, 3.63) is 73.6 Å². The van der Waals surface area contributed by atoms with Crippen LogP contribution in [0.5, 0.6) is 0 Å². The molecule has 3 aromatic rings. The maximum absolute atomic E-state index is 2.57. The van der Waals surface area contributed by atoms with Crippen molar-refractivity contribution >= 4 is 0 Å². The molecule has 0 bridgehead atoms. The minimum absolute atomic E-state index is 0.960. The summed E-state index contributed by atoms with van der Waals surface area (Å²) in [7, 11) is 0. The smallest absolute Gasteiger partial charge is 0.0745 e. The lowest BCUT2D eigenvalue weighted by Gasteiger charge is -2.26. The van der Waals surface area contributed by atoms with Crippen molar-refractivity contribution in [2.75, 3.05) is 39.3 Å². The van der Waals surface area contributed by atoms with Gasteiger partial charge in [0, 0.05) is 76.4 Å². The predicted molar refractivity (Wildman–Crippen MR) is 108 cm³/mol. The van der Waals surface area contributed by atoms with Gasteiger partial charge in [0.25, 0.3) is 0 Å². The van der Waals surface area contributed by atoms with Crippen LogP contribution in [0.3, 0.4) is 0 Å². The van der Waals surface area contributed by atoms with Crippen molar-refractivity contribution in [3.63, 3.8) is 0 Å². The van der Waals surface area contributed by atoms with Crippen LogP contribution in [0.2, 0.25) is 0 Å². The molecule has 3 aromatic heterocycles. The Morgan fingerprint density at radius 1 is 0.370 bits per heavy atom. The second kappa shape index (κ2) is 9.08. The molecular formula is C21H30N6. The van der Waals surface area contributed by atoms with Crippen LogP contribution in [-0.4, -0.2) is 67.7 Å². The molecule has 0 N–H and O–H groups in total. The van der Waals surface area contributed by atoms with E-state index in [2.05, 4.69) is 102 Å². The summed E-state index contributed by atoms with van der Waals surface area (Å²) >= 11 is 0. The first kappa shape index (κ1) is 18.1. The Bertz CT molecular complexity index is 630. The van der Waals surface area contributed by atoms with E-state index in [1.54, 1.807) is 0 Å². The molecular weight excluding hydrogens is 336 g/mol. The minimum atomic E-state index is 0.960. The highest BCUT2D eigenvalue weighted by Crippen LogP contribution is 2.06. The number of rotatable bonds is 6. The van der Waals surface area contributed by atoms with Crippen molar-refractivity contribution in [3.8, 4) is 0 Å². The van der Waals surface area contributed by atoms with Crippen LogP contribution in [0.4, 0.5) is 0 Å². The van der Waals surface area contributed by atoms with Gasteiger partial charge in [-0.15, -0.1) is 0 Å². The first-order valence-electron chi connectivity index (χ1n) is 9.84. The third-order valence-corrected chi connectivity index (χ3v) is 5.29. The van der Waals surface area contributed by atoms with Gasteiger partial charge in [-0.1, -0.05) is 0 Å². The minimum Gasteiger partial charge on any atom is -0.341 e. The van der Waals surface area contributed by atoms with E-state index in [4.69, 9.17) is 0 Å². The van der Waals surface area contributed by atoms with Gasteiger partial charge in [0.05, 0.1) is 20.0 Å². The van der Waals surface area contributed by atoms with Crippen LogP contribution in [0.1, 0.15) is 0 Å². The Hall–Kier alpha value is -2.28. The van der Waals surface area contributed by atoms with Crippen LogP contribution < -0.4 is 0 Å². The lowest BCUT2D eigenvalue weighted by atomic mass is 10.4. The van der Waals surface area contributed by atoms with E-state index < -0.39 is 0 Å². The molecule has 1 saturated heterocycles. The molecule has 0 radical (unpaired) electrons. The second-order valence-corrected chi connectivity index (χ2v) is 7.37. The molecule has 0 spiro atoms. The predicted octanol–water partition coefficient (Wildman–Crippen LogP) is 2.28. The van der Waals surface area contributed by atoms with Crippen LogP contribution in [-0.2, 0) is 20.0 Å². The Morgan fingerprint density at radius 2 is 0.593 bits per heavy atom. The number of hydrogen-bond donors (Lipinski definition) is 0. The molecule has 144 valence electrons. The molecule has 0 unspecified atom stereocenters. The fraction of sp³-hybridized carbons (Fsp3) is 0.429. The summed E-state index contributed by atoms with van der Waals surface area (Å²) in [4.78, 5) is 7.70. The number of aromatic nitrogens is 3. The summed E-state index contributed by atoms with van der Waals surface area (Å²) in [6.45, 7) is 9.44. The summed E-state index contributed by atoms with van der Waals surface area (Å²) in [5, 5.41) is 0. The highest BCUT2D eigenvalue weighted by Gasteiger charge is 2.17. The highest BCUT2D eigenvalue weighted by molar-refractivity contribution is 4.92. The molecule has 0 saturated carbocycles. The Morgan fingerprint density at radius 3 is 0.815 bits per heavy atom. The largest absolute Gasteiger partial charge is 0.341 e. The van der Waals surface area contributed by atoms with Gasteiger partial charge < -0.3 is 13.7 Å². The van der Waals surface area contributed by atoms with E-state index in [0.29, 0.717) is 0 Å². The van der Waals surface area contributed by atoms with Crippen LogP contribution in [0, 0.1) is 0 Å². The fourth-order valence-corrected chi connectivity index (χ4v) is 3.69. The standard InChI is InChI=1S/C21H30N6/c1-2-8-22(7-1)19-25-13-15-26(20-23-9-3-4-10-23)17-18-27(16-14-25)21-24-11-5-6-12-24/h1-12H,13-21H2. The van der Waals surface area contributed by atoms with E-state index in [-0.39, 0.29) is 0 Å². The van der Waals surface area contributed by atoms with E-state index in [9.17, 15) is 0 Å². The molecule has 0 atom stereocenters. The normalized spacial score (nSPS) is 18.2. The first-order valence-corrected chi connectivity index (χ1v) is 9.84. The second-order valence-electron chi connectivity index (χ2n) is 7.37. The van der Waals surface area contributed by atoms with Crippen molar-refractivity contribution in [1.82, 2.24) is 28.4 Å². The first-order chi connectivity index (χ1) is 13.3. The quantitative estimate of drug-likeness (QED) is 0.669. The number of hydrogen-bond acceptors (Lipinski definition) is 3. The molecule has 27 heavy (non-hydrogen) atoms. The maximum Gasteiger partial charge on any atom is 0.0745 e. The summed E-state index contributed by atoms with van der Waals surface area (Å²) in [5.41, 5.74) is 0. The molecule has 0 amide bonds. The SMILES string of the molecule is c1ccn(CN2CCN(Cn3cccc3)CCN(Cn3cccc3)CC2)c1. The maximum atomic E-state index is 2.57. The summed E-state index contributed by atoms with van der Waals surface area (Å²) < 4.78 is 6.80. The monoisotopic (exact) mass is 366 g/mol. The highest BCUT2D eigenvalue weighted by atomic mass is 15.3. The van der Waals surface area contributed by atoms with Gasteiger partial charge in [-0.25, -0.2) is 0 Å². The van der Waals surface area contributed by atoms with Crippen LogP contribution in [0.15, 0.2) is 73.6 Å². The third-order valence-electron chi connectivity index (χ3n) is 5.29. The topological polar surface area (TPSA) is 24.5 Å². The van der Waals surface area contributed by atoms with Gasteiger partial charge in [0.2, 0.25) is 0 Å². The Balaban J connectivity index is 1.43. The molecule has 0 aliphatic carbocycles. The molecule has 0 aromatic carbocycles. The van der Waals surface area contributed by atoms with Crippen molar-refractivity contribution in [2.45, 2.75) is 20.0 Å². The Labute approximate surface area is 161 Å². The molecule has 1 aliphatic heterocycles. The van der Waals surface area contributed by atoms with E-state index in [1.807, 2.05) is 0 Å². The zero-order valence-electron chi connectivity index (χ0n) is 16.0. The summed E-state index contributed by atoms with van der Waals surface area (Å²) in [6.07, 6.45) is 12.9. The van der Waals surface area contributed by atoms with E-state index in [0.717, 1.165) is 59.3 Å². The molecule has 4 rings (SSSR count). The molecule has 4 heterocycles. The average molecular weight is 367 g/mol. The van der Waals surface area contributed by atoms with Gasteiger partial charge in [0.1, 0.15) is 0 Å². The van der Waals surface area contributed by atoms with E-state index >= 15 is 0 Å². The fourth-order valence-electron chi connectivity index (χ4n) is 3.69. The lowest BCUT2D eigenvalue weighted by molar-refractivity contribution is 0.166. The molecule has 6 nitrogen and oxygen atoms in total. The van der Waals surface area contributed by atoms with Crippen LogP contribution >= 0.6 is 0 Å². The summed E-state index contributed by atoms with van der Waals surface area (Å²) in [6, 6.07) is 12.6. The zero-order valence-corrected chi connectivity index (χ0v) is 16.0. The third kappa shape index (κ3) is 5.35. The Kier molecular flexibility index (Phi) is 6.09. The van der Waals surface area contributed by atoms with Gasteiger partial charge >= 0.3 is 0 Å². The van der Waals surface area contributed by atoms with Crippen molar-refractivity contribution in [1.29, 1.82) is 0 Å². The van der Waals surface area contributed by atoms with Gasteiger partial charge in [-0.3, -0.25) is 14.7 Å². The van der Waals surface area contributed by atoms with E-state index in [1.165, 1.54) is 0 Å². The van der Waals surface area contributed by atoms with Gasteiger partial charge in [-0.2, -0.15) is 0 Å². The van der Waals surface area contributed by atoms with Crippen molar-refractivity contribution in [2.24, 2.45) is 0 Å². The van der Waals surface area contributed by atoms with Crippen molar-refractivity contribution < 1.29 is 0 Å². The summed E-state index contributed by atoms with van der Waals surface area (Å²) in [5.74, 6) is 0. The molecule has 1 aliphatic rings. The lowest BCUT2D eigenvalue weighted by Crippen LogP contribution is -2.37. The molecule has 1 fully saturated rings. The van der Waals surface area contributed by atoms with Gasteiger partial charge in [0.15, 0.2) is 0 Å². The van der Waals surface area contributed by atoms with Crippen LogP contribution in [0.25, 0.3) is 0 Å².